The van der Waals surface area contributed by atoms with Crippen LogP contribution in [0.15, 0.2) is 24.3 Å². The van der Waals surface area contributed by atoms with Gasteiger partial charge in [0.25, 0.3) is 5.91 Å². The first-order chi connectivity index (χ1) is 8.70. The highest BCUT2D eigenvalue weighted by Gasteiger charge is 2.19. The van der Waals surface area contributed by atoms with E-state index in [1.165, 1.54) is 6.42 Å². The maximum atomic E-state index is 12.4. The Morgan fingerprint density at radius 1 is 1.39 bits per heavy atom. The predicted octanol–water partition coefficient (Wildman–Crippen LogP) is 3.69. The second-order valence-corrected chi connectivity index (χ2v) is 5.43. The molecule has 1 aromatic rings. The van der Waals surface area contributed by atoms with Gasteiger partial charge in [0.2, 0.25) is 0 Å². The smallest absolute Gasteiger partial charge is 0.253 e. The van der Waals surface area contributed by atoms with Gasteiger partial charge in [0.05, 0.1) is 0 Å². The molecule has 1 aliphatic rings. The van der Waals surface area contributed by atoms with E-state index < -0.39 is 0 Å². The van der Waals surface area contributed by atoms with Crippen molar-refractivity contribution in [2.45, 2.75) is 32.1 Å². The first-order valence-electron chi connectivity index (χ1n) is 6.65. The summed E-state index contributed by atoms with van der Waals surface area (Å²) in [5, 5.41) is 0. The number of carbonyl (C=O) groups excluding carboxylic acids is 1. The fourth-order valence-electron chi connectivity index (χ4n) is 2.44. The van der Waals surface area contributed by atoms with Crippen molar-refractivity contribution in [2.24, 2.45) is 5.92 Å². The Bertz CT molecular complexity index is 419. The molecule has 0 N–H and O–H groups in total. The van der Waals surface area contributed by atoms with Crippen molar-refractivity contribution in [3.63, 3.8) is 0 Å². The molecule has 1 atom stereocenters. The number of hydrogen-bond donors (Lipinski definition) is 0. The Labute approximate surface area is 114 Å². The molecule has 2 nitrogen and oxygen atoms in total. The minimum absolute atomic E-state index is 0.149. The van der Waals surface area contributed by atoms with E-state index in [1.807, 2.05) is 29.2 Å². The zero-order valence-electron chi connectivity index (χ0n) is 10.9. The number of alkyl halides is 1. The van der Waals surface area contributed by atoms with Gasteiger partial charge in [-0.25, -0.2) is 0 Å². The van der Waals surface area contributed by atoms with E-state index >= 15 is 0 Å². The van der Waals surface area contributed by atoms with E-state index in [1.54, 1.807) is 0 Å². The molecule has 1 heterocycles. The van der Waals surface area contributed by atoms with Crippen LogP contribution in [0, 0.1) is 5.92 Å². The van der Waals surface area contributed by atoms with Crippen LogP contribution in [0.25, 0.3) is 0 Å². The van der Waals surface area contributed by atoms with E-state index in [-0.39, 0.29) is 5.91 Å². The van der Waals surface area contributed by atoms with Gasteiger partial charge in [0, 0.05) is 24.5 Å². The van der Waals surface area contributed by atoms with Gasteiger partial charge in [-0.3, -0.25) is 4.79 Å². The number of likely N-dealkylation sites (tertiary alicyclic amines) is 1. The molecule has 3 heteroatoms. The highest BCUT2D eigenvalue weighted by atomic mass is 35.5. The van der Waals surface area contributed by atoms with Crippen LogP contribution in [0.1, 0.15) is 42.1 Å². The van der Waals surface area contributed by atoms with Crippen LogP contribution in [0.4, 0.5) is 0 Å². The normalized spacial score (nSPS) is 20.6. The molecule has 98 valence electrons. The molecule has 1 aliphatic heterocycles. The maximum Gasteiger partial charge on any atom is 0.253 e. The van der Waals surface area contributed by atoms with Crippen molar-refractivity contribution in [2.75, 3.05) is 13.1 Å². The number of nitrogens with zero attached hydrogens (tertiary/aromatic N) is 1. The summed E-state index contributed by atoms with van der Waals surface area (Å²) in [7, 11) is 0. The lowest BCUT2D eigenvalue weighted by Gasteiger charge is -2.20. The van der Waals surface area contributed by atoms with Crippen molar-refractivity contribution in [3.05, 3.63) is 35.4 Å². The van der Waals surface area contributed by atoms with Gasteiger partial charge in [-0.2, -0.15) is 0 Å². The van der Waals surface area contributed by atoms with Crippen LogP contribution in [0.2, 0.25) is 0 Å². The number of hydrogen-bond acceptors (Lipinski definition) is 1. The van der Waals surface area contributed by atoms with Crippen molar-refractivity contribution in [1.82, 2.24) is 4.90 Å². The Morgan fingerprint density at radius 2 is 2.22 bits per heavy atom. The molecule has 1 fully saturated rings. The first kappa shape index (κ1) is 13.4. The van der Waals surface area contributed by atoms with Crippen LogP contribution >= 0.6 is 11.6 Å². The van der Waals surface area contributed by atoms with Gasteiger partial charge < -0.3 is 4.90 Å². The highest BCUT2D eigenvalue weighted by Crippen LogP contribution is 2.18. The lowest BCUT2D eigenvalue weighted by atomic mass is 10.0. The summed E-state index contributed by atoms with van der Waals surface area (Å²) in [6.45, 7) is 4.03. The van der Waals surface area contributed by atoms with Crippen LogP contribution < -0.4 is 0 Å². The topological polar surface area (TPSA) is 20.3 Å². The van der Waals surface area contributed by atoms with Crippen molar-refractivity contribution < 1.29 is 4.79 Å². The SMILES string of the molecule is CC1CCCN(C(=O)c2cccc(CCl)c2)CC1. The molecular formula is C15H20ClNO. The van der Waals surface area contributed by atoms with Gasteiger partial charge in [0.15, 0.2) is 0 Å². The molecule has 0 bridgehead atoms. The van der Waals surface area contributed by atoms with Gasteiger partial charge in [-0.1, -0.05) is 19.1 Å². The zero-order chi connectivity index (χ0) is 13.0. The first-order valence-corrected chi connectivity index (χ1v) is 7.18. The fourth-order valence-corrected chi connectivity index (χ4v) is 2.60. The van der Waals surface area contributed by atoms with Crippen LogP contribution in [0.5, 0.6) is 0 Å². The molecule has 0 aliphatic carbocycles. The quantitative estimate of drug-likeness (QED) is 0.747. The second kappa shape index (κ2) is 6.24. The lowest BCUT2D eigenvalue weighted by molar-refractivity contribution is 0.0760. The Hall–Kier alpha value is -1.02. The maximum absolute atomic E-state index is 12.4. The third kappa shape index (κ3) is 3.26. The average molecular weight is 266 g/mol. The molecular weight excluding hydrogens is 246 g/mol. The zero-order valence-corrected chi connectivity index (χ0v) is 11.6. The van der Waals surface area contributed by atoms with Crippen molar-refractivity contribution >= 4 is 17.5 Å². The summed E-state index contributed by atoms with van der Waals surface area (Å²) < 4.78 is 0. The van der Waals surface area contributed by atoms with Crippen LogP contribution in [-0.4, -0.2) is 23.9 Å². The fraction of sp³-hybridized carbons (Fsp3) is 0.533. The third-order valence-electron chi connectivity index (χ3n) is 3.63. The third-order valence-corrected chi connectivity index (χ3v) is 3.94. The van der Waals surface area contributed by atoms with Crippen molar-refractivity contribution in [1.29, 1.82) is 0 Å². The number of amides is 1. The molecule has 1 unspecified atom stereocenters. The molecule has 1 saturated heterocycles. The summed E-state index contributed by atoms with van der Waals surface area (Å²) >= 11 is 5.81. The molecule has 2 rings (SSSR count). The summed E-state index contributed by atoms with van der Waals surface area (Å²) in [5.74, 6) is 1.34. The Morgan fingerprint density at radius 3 is 3.00 bits per heavy atom. The van der Waals surface area contributed by atoms with E-state index in [9.17, 15) is 4.79 Å². The minimum atomic E-state index is 0.149. The van der Waals surface area contributed by atoms with E-state index in [2.05, 4.69) is 6.92 Å². The number of benzene rings is 1. The Balaban J connectivity index is 2.09. The largest absolute Gasteiger partial charge is 0.339 e. The number of halogens is 1. The molecule has 1 aromatic carbocycles. The molecule has 1 amide bonds. The predicted molar refractivity (Wildman–Crippen MR) is 74.9 cm³/mol. The lowest BCUT2D eigenvalue weighted by Crippen LogP contribution is -2.32. The van der Waals surface area contributed by atoms with E-state index in [0.717, 1.165) is 43.0 Å². The summed E-state index contributed by atoms with van der Waals surface area (Å²) in [5.41, 5.74) is 1.77. The second-order valence-electron chi connectivity index (χ2n) is 5.16. The van der Waals surface area contributed by atoms with E-state index in [0.29, 0.717) is 5.88 Å². The van der Waals surface area contributed by atoms with Crippen molar-refractivity contribution in [3.8, 4) is 0 Å². The highest BCUT2D eigenvalue weighted by molar-refractivity contribution is 6.17. The average Bonchev–Trinajstić information content (AvgIpc) is 2.63. The van der Waals surface area contributed by atoms with E-state index in [4.69, 9.17) is 11.6 Å². The standard InChI is InChI=1S/C15H20ClNO/c1-12-4-3-8-17(9-7-12)15(18)14-6-2-5-13(10-14)11-16/h2,5-6,10,12H,3-4,7-9,11H2,1H3. The molecule has 0 saturated carbocycles. The summed E-state index contributed by atoms with van der Waals surface area (Å²) in [6, 6.07) is 7.65. The summed E-state index contributed by atoms with van der Waals surface area (Å²) in [6.07, 6.45) is 3.45. The molecule has 18 heavy (non-hydrogen) atoms. The Kier molecular flexibility index (Phi) is 4.65. The molecule has 0 radical (unpaired) electrons. The van der Waals surface area contributed by atoms with Gasteiger partial charge >= 0.3 is 0 Å². The van der Waals surface area contributed by atoms with Gasteiger partial charge in [-0.05, 0) is 42.9 Å². The monoisotopic (exact) mass is 265 g/mol. The van der Waals surface area contributed by atoms with Crippen LogP contribution in [-0.2, 0) is 5.88 Å². The number of rotatable bonds is 2. The van der Waals surface area contributed by atoms with Gasteiger partial charge in [-0.15, -0.1) is 11.6 Å². The number of carbonyl (C=O) groups is 1. The summed E-state index contributed by atoms with van der Waals surface area (Å²) in [4.78, 5) is 14.4. The molecule has 0 spiro atoms. The minimum Gasteiger partial charge on any atom is -0.339 e. The van der Waals surface area contributed by atoms with Gasteiger partial charge in [0.1, 0.15) is 0 Å². The molecule has 0 aromatic heterocycles. The van der Waals surface area contributed by atoms with Crippen LogP contribution in [0.3, 0.4) is 0 Å².